The van der Waals surface area contributed by atoms with E-state index in [2.05, 4.69) is 10.3 Å². The van der Waals surface area contributed by atoms with Gasteiger partial charge in [0.2, 0.25) is 5.91 Å². The van der Waals surface area contributed by atoms with Crippen molar-refractivity contribution in [1.29, 1.82) is 0 Å². The molecule has 108 valence electrons. The fraction of sp³-hybridized carbons (Fsp3) is 0.0769. The number of hydrogen-bond acceptors (Lipinski definition) is 6. The third-order valence-corrected chi connectivity index (χ3v) is 3.26. The minimum absolute atomic E-state index is 0.0411. The summed E-state index contributed by atoms with van der Waals surface area (Å²) in [5.74, 6) is -2.25. The highest BCUT2D eigenvalue weighted by Crippen LogP contribution is 2.16. The zero-order valence-electron chi connectivity index (χ0n) is 10.6. The van der Waals surface area contributed by atoms with E-state index in [9.17, 15) is 14.4 Å². The first kappa shape index (κ1) is 14.8. The fourth-order valence-electron chi connectivity index (χ4n) is 1.39. The Morgan fingerprint density at radius 3 is 2.81 bits per heavy atom. The summed E-state index contributed by atoms with van der Waals surface area (Å²) in [7, 11) is 0. The van der Waals surface area contributed by atoms with Gasteiger partial charge in [0.1, 0.15) is 0 Å². The molecule has 0 bridgehead atoms. The summed E-state index contributed by atoms with van der Waals surface area (Å²) in [6.45, 7) is 0. The Kier molecular flexibility index (Phi) is 4.72. The van der Waals surface area contributed by atoms with E-state index in [0.717, 1.165) is 11.8 Å². The fourth-order valence-corrected chi connectivity index (χ4v) is 2.09. The van der Waals surface area contributed by atoms with E-state index >= 15 is 0 Å². The van der Waals surface area contributed by atoms with Crippen LogP contribution < -0.4 is 5.32 Å². The molecule has 2 rings (SSSR count). The van der Waals surface area contributed by atoms with Gasteiger partial charge < -0.3 is 9.52 Å². The van der Waals surface area contributed by atoms with Crippen molar-refractivity contribution in [2.45, 2.75) is 5.03 Å². The van der Waals surface area contributed by atoms with E-state index in [0.29, 0.717) is 5.03 Å². The van der Waals surface area contributed by atoms with Crippen LogP contribution in [0.1, 0.15) is 20.9 Å². The molecule has 0 aromatic carbocycles. The summed E-state index contributed by atoms with van der Waals surface area (Å²) in [5, 5.41) is 11.4. The SMILES string of the molecule is O=C(CSc1cc(C(=O)O)ccn1)NC(=O)c1ccco1. The molecule has 0 saturated carbocycles. The lowest BCUT2D eigenvalue weighted by Gasteiger charge is -2.03. The number of carbonyl (C=O) groups excluding carboxylic acids is 2. The molecule has 0 unspecified atom stereocenters. The smallest absolute Gasteiger partial charge is 0.335 e. The van der Waals surface area contributed by atoms with Gasteiger partial charge in [0, 0.05) is 6.20 Å². The first-order chi connectivity index (χ1) is 10.1. The lowest BCUT2D eigenvalue weighted by molar-refractivity contribution is -0.117. The van der Waals surface area contributed by atoms with Gasteiger partial charge in [-0.2, -0.15) is 0 Å². The standard InChI is InChI=1S/C13H10N2O5S/c16-10(15-12(17)9-2-1-5-20-9)7-21-11-6-8(13(18)19)3-4-14-11/h1-6H,7H2,(H,18,19)(H,15,16,17). The van der Waals surface area contributed by atoms with Crippen molar-refractivity contribution in [3.05, 3.63) is 48.0 Å². The molecule has 0 saturated heterocycles. The Balaban J connectivity index is 1.88. The number of carbonyl (C=O) groups is 3. The van der Waals surface area contributed by atoms with Gasteiger partial charge in [0.15, 0.2) is 5.76 Å². The predicted molar refractivity (Wildman–Crippen MR) is 73.1 cm³/mol. The molecule has 0 fully saturated rings. The minimum Gasteiger partial charge on any atom is -0.478 e. The number of hydrogen-bond donors (Lipinski definition) is 2. The normalized spacial score (nSPS) is 10.1. The third kappa shape index (κ3) is 4.18. The van der Waals surface area contributed by atoms with Crippen LogP contribution in [0.2, 0.25) is 0 Å². The van der Waals surface area contributed by atoms with Crippen LogP contribution in [0.25, 0.3) is 0 Å². The number of rotatable bonds is 5. The number of aromatic nitrogens is 1. The van der Waals surface area contributed by atoms with Gasteiger partial charge in [-0.15, -0.1) is 0 Å². The number of furan rings is 1. The molecule has 0 radical (unpaired) electrons. The molecular weight excluding hydrogens is 296 g/mol. The molecule has 8 heteroatoms. The zero-order valence-corrected chi connectivity index (χ0v) is 11.4. The molecule has 0 aliphatic rings. The van der Waals surface area contributed by atoms with Crippen LogP contribution in [0.4, 0.5) is 0 Å². The average molecular weight is 306 g/mol. The topological polar surface area (TPSA) is 110 Å². The number of pyridine rings is 1. The van der Waals surface area contributed by atoms with Crippen LogP contribution in [0.15, 0.2) is 46.2 Å². The summed E-state index contributed by atoms with van der Waals surface area (Å²) in [6, 6.07) is 5.69. The van der Waals surface area contributed by atoms with E-state index in [1.54, 1.807) is 0 Å². The van der Waals surface area contributed by atoms with Crippen molar-refractivity contribution in [1.82, 2.24) is 10.3 Å². The third-order valence-electron chi connectivity index (χ3n) is 2.33. The van der Waals surface area contributed by atoms with E-state index < -0.39 is 17.8 Å². The van der Waals surface area contributed by atoms with E-state index in [4.69, 9.17) is 9.52 Å². The van der Waals surface area contributed by atoms with Crippen LogP contribution in [0, 0.1) is 0 Å². The maximum Gasteiger partial charge on any atom is 0.335 e. The highest BCUT2D eigenvalue weighted by molar-refractivity contribution is 7.99. The molecule has 2 aromatic heterocycles. The van der Waals surface area contributed by atoms with Crippen LogP contribution >= 0.6 is 11.8 Å². The van der Waals surface area contributed by atoms with Crippen molar-refractivity contribution < 1.29 is 23.9 Å². The molecule has 2 aromatic rings. The number of carboxylic acids is 1. The number of nitrogens with zero attached hydrogens (tertiary/aromatic N) is 1. The van der Waals surface area contributed by atoms with Gasteiger partial charge in [-0.05, 0) is 24.3 Å². The molecule has 2 heterocycles. The molecular formula is C13H10N2O5S. The van der Waals surface area contributed by atoms with Crippen molar-refractivity contribution >= 4 is 29.5 Å². The van der Waals surface area contributed by atoms with Crippen LogP contribution in [0.3, 0.4) is 0 Å². The Bertz CT molecular complexity index is 669. The summed E-state index contributed by atoms with van der Waals surface area (Å²) in [5.41, 5.74) is 0.0829. The average Bonchev–Trinajstić information content (AvgIpc) is 2.99. The number of nitrogens with one attached hydrogen (secondary N) is 1. The number of thioether (sulfide) groups is 1. The second kappa shape index (κ2) is 6.71. The second-order valence-electron chi connectivity index (χ2n) is 3.83. The van der Waals surface area contributed by atoms with Crippen molar-refractivity contribution in [2.75, 3.05) is 5.75 Å². The Morgan fingerprint density at radius 2 is 2.14 bits per heavy atom. The molecule has 0 aliphatic carbocycles. The number of imide groups is 1. The number of amides is 2. The van der Waals surface area contributed by atoms with E-state index in [1.807, 2.05) is 0 Å². The summed E-state index contributed by atoms with van der Waals surface area (Å²) in [4.78, 5) is 37.9. The molecule has 2 amide bonds. The quantitative estimate of drug-likeness (QED) is 0.804. The minimum atomic E-state index is -1.07. The van der Waals surface area contributed by atoms with Crippen LogP contribution in [-0.4, -0.2) is 33.6 Å². The first-order valence-electron chi connectivity index (χ1n) is 5.76. The van der Waals surface area contributed by atoms with Gasteiger partial charge in [0.25, 0.3) is 5.91 Å². The Labute approximate surface area is 123 Å². The van der Waals surface area contributed by atoms with Crippen LogP contribution in [-0.2, 0) is 4.79 Å². The Morgan fingerprint density at radius 1 is 1.33 bits per heavy atom. The largest absolute Gasteiger partial charge is 0.478 e. The molecule has 0 spiro atoms. The van der Waals surface area contributed by atoms with Gasteiger partial charge in [-0.3, -0.25) is 14.9 Å². The van der Waals surface area contributed by atoms with E-state index in [1.165, 1.54) is 36.7 Å². The number of carboxylic acid groups (broad SMARTS) is 1. The van der Waals surface area contributed by atoms with Gasteiger partial charge in [-0.1, -0.05) is 11.8 Å². The maximum absolute atomic E-state index is 11.6. The number of aromatic carboxylic acids is 1. The molecule has 0 aliphatic heterocycles. The Hall–Kier alpha value is -2.61. The predicted octanol–water partition coefficient (Wildman–Crippen LogP) is 1.42. The van der Waals surface area contributed by atoms with Gasteiger partial charge in [0.05, 0.1) is 22.6 Å². The monoisotopic (exact) mass is 306 g/mol. The van der Waals surface area contributed by atoms with Gasteiger partial charge in [-0.25, -0.2) is 9.78 Å². The second-order valence-corrected chi connectivity index (χ2v) is 4.83. The maximum atomic E-state index is 11.6. The van der Waals surface area contributed by atoms with Crippen molar-refractivity contribution in [2.24, 2.45) is 0 Å². The highest BCUT2D eigenvalue weighted by atomic mass is 32.2. The van der Waals surface area contributed by atoms with Crippen molar-refractivity contribution in [3.63, 3.8) is 0 Å². The van der Waals surface area contributed by atoms with Crippen molar-refractivity contribution in [3.8, 4) is 0 Å². The lowest BCUT2D eigenvalue weighted by atomic mass is 10.3. The highest BCUT2D eigenvalue weighted by Gasteiger charge is 2.13. The summed E-state index contributed by atoms with van der Waals surface area (Å²) >= 11 is 1.03. The molecule has 21 heavy (non-hydrogen) atoms. The summed E-state index contributed by atoms with van der Waals surface area (Å²) in [6.07, 6.45) is 2.67. The zero-order chi connectivity index (χ0) is 15.2. The van der Waals surface area contributed by atoms with Gasteiger partial charge >= 0.3 is 5.97 Å². The van der Waals surface area contributed by atoms with Crippen LogP contribution in [0.5, 0.6) is 0 Å². The first-order valence-corrected chi connectivity index (χ1v) is 6.74. The molecule has 0 atom stereocenters. The van der Waals surface area contributed by atoms with E-state index in [-0.39, 0.29) is 17.1 Å². The summed E-state index contributed by atoms with van der Waals surface area (Å²) < 4.78 is 4.85. The lowest BCUT2D eigenvalue weighted by Crippen LogP contribution is -2.31. The molecule has 2 N–H and O–H groups in total. The molecule has 7 nitrogen and oxygen atoms in total.